The zero-order valence-corrected chi connectivity index (χ0v) is 12.3. The summed E-state index contributed by atoms with van der Waals surface area (Å²) in [4.78, 5) is 0. The normalized spacial score (nSPS) is 11.0. The van der Waals surface area contributed by atoms with Gasteiger partial charge in [0.25, 0.3) is 0 Å². The Hall–Kier alpha value is -1.78. The highest BCUT2D eigenvalue weighted by Gasteiger charge is 2.15. The lowest BCUT2D eigenvalue weighted by Crippen LogP contribution is -2.01. The van der Waals surface area contributed by atoms with Crippen molar-refractivity contribution in [2.45, 2.75) is 27.1 Å². The minimum atomic E-state index is -0.435. The van der Waals surface area contributed by atoms with E-state index >= 15 is 0 Å². The molecule has 0 heterocycles. The highest BCUT2D eigenvalue weighted by molar-refractivity contribution is 5.72. The number of aliphatic hydroxyl groups excluding tert-OH is 1. The average molecular weight is 292 g/mol. The van der Waals surface area contributed by atoms with Crippen molar-refractivity contribution in [2.24, 2.45) is 0 Å². The Kier molecular flexibility index (Phi) is 4.70. The maximum Gasteiger partial charge on any atom is 0.129 e. The van der Waals surface area contributed by atoms with Crippen LogP contribution in [0.1, 0.15) is 22.3 Å². The molecule has 2 aromatic carbocycles. The molecule has 0 aromatic heterocycles. The average Bonchev–Trinajstić information content (AvgIpc) is 2.45. The van der Waals surface area contributed by atoms with Gasteiger partial charge >= 0.3 is 0 Å². The first-order valence-corrected chi connectivity index (χ1v) is 6.67. The summed E-state index contributed by atoms with van der Waals surface area (Å²) in [6, 6.07) is 6.04. The largest absolute Gasteiger partial charge is 0.392 e. The summed E-state index contributed by atoms with van der Waals surface area (Å²) < 4.78 is 32.6. The highest BCUT2D eigenvalue weighted by Crippen LogP contribution is 2.32. The number of ether oxygens (including phenoxy) is 1. The molecule has 0 aliphatic heterocycles. The van der Waals surface area contributed by atoms with E-state index in [0.29, 0.717) is 11.1 Å². The predicted octanol–water partition coefficient (Wildman–Crippen LogP) is 3.89. The van der Waals surface area contributed by atoms with Crippen LogP contribution in [0.2, 0.25) is 0 Å². The van der Waals surface area contributed by atoms with Crippen molar-refractivity contribution < 1.29 is 18.6 Å². The Balaban J connectivity index is 2.65. The molecule has 4 heteroatoms. The number of hydrogen-bond donors (Lipinski definition) is 1. The molecular weight excluding hydrogens is 274 g/mol. The molecule has 0 amide bonds. The number of halogens is 2. The Morgan fingerprint density at radius 1 is 0.905 bits per heavy atom. The van der Waals surface area contributed by atoms with Gasteiger partial charge < -0.3 is 9.84 Å². The van der Waals surface area contributed by atoms with E-state index in [0.717, 1.165) is 16.7 Å². The number of hydrogen-bond acceptors (Lipinski definition) is 2. The molecule has 0 fully saturated rings. The van der Waals surface area contributed by atoms with Gasteiger partial charge in [-0.25, -0.2) is 8.78 Å². The second-order valence-corrected chi connectivity index (χ2v) is 4.99. The van der Waals surface area contributed by atoms with Crippen molar-refractivity contribution >= 4 is 0 Å². The standard InChI is InChI=1S/C17H18F2O2/c1-10-12(4-6-16(18)14(10)8-20)13-5-7-17(19)15(9-21-3)11(13)2/h4-7,20H,8-9H2,1-3H3. The molecule has 112 valence electrons. The quantitative estimate of drug-likeness (QED) is 0.926. The van der Waals surface area contributed by atoms with E-state index in [1.807, 2.05) is 6.92 Å². The molecule has 0 saturated heterocycles. The van der Waals surface area contributed by atoms with Crippen LogP contribution in [0, 0.1) is 25.5 Å². The van der Waals surface area contributed by atoms with Gasteiger partial charge in [-0.3, -0.25) is 0 Å². The smallest absolute Gasteiger partial charge is 0.129 e. The summed E-state index contributed by atoms with van der Waals surface area (Å²) >= 11 is 0. The third kappa shape index (κ3) is 2.82. The zero-order chi connectivity index (χ0) is 15.6. The first-order chi connectivity index (χ1) is 10.0. The SMILES string of the molecule is COCc1c(F)ccc(-c2ccc(F)c(CO)c2C)c1C. The monoisotopic (exact) mass is 292 g/mol. The van der Waals surface area contributed by atoms with Crippen molar-refractivity contribution in [2.75, 3.05) is 7.11 Å². The molecule has 0 aliphatic rings. The van der Waals surface area contributed by atoms with Gasteiger partial charge in [-0.2, -0.15) is 0 Å². The summed E-state index contributed by atoms with van der Waals surface area (Å²) in [5.41, 5.74) is 3.78. The zero-order valence-electron chi connectivity index (χ0n) is 12.3. The van der Waals surface area contributed by atoms with Gasteiger partial charge in [0, 0.05) is 18.2 Å². The first kappa shape index (κ1) is 15.6. The summed E-state index contributed by atoms with van der Waals surface area (Å²) in [5, 5.41) is 9.30. The summed E-state index contributed by atoms with van der Waals surface area (Å²) in [7, 11) is 1.51. The number of aliphatic hydroxyl groups is 1. The van der Waals surface area contributed by atoms with Crippen LogP contribution in [0.25, 0.3) is 11.1 Å². The Bertz CT molecular complexity index is 666. The van der Waals surface area contributed by atoms with Crippen LogP contribution < -0.4 is 0 Å². The van der Waals surface area contributed by atoms with E-state index in [1.54, 1.807) is 19.1 Å². The molecule has 2 rings (SSSR count). The van der Waals surface area contributed by atoms with E-state index in [2.05, 4.69) is 0 Å². The van der Waals surface area contributed by atoms with Crippen molar-refractivity contribution in [1.29, 1.82) is 0 Å². The molecule has 0 bridgehead atoms. The van der Waals surface area contributed by atoms with Gasteiger partial charge in [-0.15, -0.1) is 0 Å². The van der Waals surface area contributed by atoms with Gasteiger partial charge in [0.1, 0.15) is 11.6 Å². The van der Waals surface area contributed by atoms with Crippen LogP contribution in [0.4, 0.5) is 8.78 Å². The fourth-order valence-electron chi connectivity index (χ4n) is 2.55. The molecular formula is C17H18F2O2. The van der Waals surface area contributed by atoms with Crippen LogP contribution in [0.3, 0.4) is 0 Å². The number of methoxy groups -OCH3 is 1. The van der Waals surface area contributed by atoms with Gasteiger partial charge in [0.05, 0.1) is 13.2 Å². The third-order valence-corrected chi connectivity index (χ3v) is 3.82. The topological polar surface area (TPSA) is 29.5 Å². The summed E-state index contributed by atoms with van der Waals surface area (Å²) in [6.45, 7) is 3.38. The molecule has 0 atom stereocenters. The molecule has 0 saturated carbocycles. The molecule has 2 aromatic rings. The molecule has 1 N–H and O–H groups in total. The van der Waals surface area contributed by atoms with Gasteiger partial charge in [0.15, 0.2) is 0 Å². The van der Waals surface area contributed by atoms with E-state index < -0.39 is 5.82 Å². The van der Waals surface area contributed by atoms with Gasteiger partial charge in [-0.05, 0) is 48.2 Å². The molecule has 0 unspecified atom stereocenters. The second kappa shape index (κ2) is 6.33. The van der Waals surface area contributed by atoms with Gasteiger partial charge in [0.2, 0.25) is 0 Å². The van der Waals surface area contributed by atoms with E-state index in [9.17, 15) is 13.9 Å². The van der Waals surface area contributed by atoms with E-state index in [1.165, 1.54) is 19.2 Å². The van der Waals surface area contributed by atoms with Crippen molar-refractivity contribution in [3.63, 3.8) is 0 Å². The molecule has 21 heavy (non-hydrogen) atoms. The van der Waals surface area contributed by atoms with E-state index in [4.69, 9.17) is 4.74 Å². The Morgan fingerprint density at radius 3 is 1.86 bits per heavy atom. The lowest BCUT2D eigenvalue weighted by molar-refractivity contribution is 0.181. The number of benzene rings is 2. The van der Waals surface area contributed by atoms with Crippen molar-refractivity contribution in [1.82, 2.24) is 0 Å². The lowest BCUT2D eigenvalue weighted by Gasteiger charge is -2.16. The van der Waals surface area contributed by atoms with Crippen molar-refractivity contribution in [3.8, 4) is 11.1 Å². The Labute approximate surface area is 123 Å². The summed E-state index contributed by atoms with van der Waals surface area (Å²) in [6.07, 6.45) is 0. The maximum absolute atomic E-state index is 13.9. The molecule has 2 nitrogen and oxygen atoms in total. The molecule has 0 spiro atoms. The fourth-order valence-corrected chi connectivity index (χ4v) is 2.55. The fraction of sp³-hybridized carbons (Fsp3) is 0.294. The highest BCUT2D eigenvalue weighted by atomic mass is 19.1. The second-order valence-electron chi connectivity index (χ2n) is 4.99. The predicted molar refractivity (Wildman–Crippen MR) is 77.9 cm³/mol. The van der Waals surface area contributed by atoms with E-state index in [-0.39, 0.29) is 24.6 Å². The molecule has 0 radical (unpaired) electrons. The first-order valence-electron chi connectivity index (χ1n) is 6.67. The molecule has 0 aliphatic carbocycles. The minimum absolute atomic E-state index is 0.179. The van der Waals surface area contributed by atoms with Crippen LogP contribution in [-0.4, -0.2) is 12.2 Å². The van der Waals surface area contributed by atoms with Crippen LogP contribution in [0.15, 0.2) is 24.3 Å². The lowest BCUT2D eigenvalue weighted by atomic mass is 9.91. The maximum atomic E-state index is 13.9. The van der Waals surface area contributed by atoms with Crippen LogP contribution in [-0.2, 0) is 18.0 Å². The van der Waals surface area contributed by atoms with Crippen LogP contribution in [0.5, 0.6) is 0 Å². The number of rotatable bonds is 4. The van der Waals surface area contributed by atoms with Crippen LogP contribution >= 0.6 is 0 Å². The van der Waals surface area contributed by atoms with Crippen molar-refractivity contribution in [3.05, 3.63) is 58.2 Å². The minimum Gasteiger partial charge on any atom is -0.392 e. The third-order valence-electron chi connectivity index (χ3n) is 3.82. The van der Waals surface area contributed by atoms with Gasteiger partial charge in [-0.1, -0.05) is 12.1 Å². The Morgan fingerprint density at radius 2 is 1.38 bits per heavy atom. The summed E-state index contributed by atoms with van der Waals surface area (Å²) in [5.74, 6) is -0.754.